The largest absolute Gasteiger partial charge is 0.336 e. The maximum absolute atomic E-state index is 12.5. The topological polar surface area (TPSA) is 75.0 Å². The predicted molar refractivity (Wildman–Crippen MR) is 76.9 cm³/mol. The summed E-state index contributed by atoms with van der Waals surface area (Å²) < 4.78 is 0.936. The van der Waals surface area contributed by atoms with Crippen LogP contribution in [-0.4, -0.2) is 40.1 Å². The monoisotopic (exact) mass is 322 g/mol. The van der Waals surface area contributed by atoms with Gasteiger partial charge in [-0.2, -0.15) is 5.10 Å². The van der Waals surface area contributed by atoms with Gasteiger partial charge in [0, 0.05) is 29.0 Å². The summed E-state index contributed by atoms with van der Waals surface area (Å²) in [6.07, 6.45) is 1.94. The number of hydrogen-bond donors (Lipinski definition) is 2. The molecule has 6 heteroatoms. The summed E-state index contributed by atoms with van der Waals surface area (Å²) in [5.74, 6) is -0.0421. The van der Waals surface area contributed by atoms with E-state index in [1.165, 1.54) is 0 Å². The van der Waals surface area contributed by atoms with E-state index < -0.39 is 0 Å². The number of carbonyl (C=O) groups is 1. The molecule has 19 heavy (non-hydrogen) atoms. The summed E-state index contributed by atoms with van der Waals surface area (Å²) >= 11 is 3.42. The average molecular weight is 323 g/mol. The molecule has 3 N–H and O–H groups in total. The summed E-state index contributed by atoms with van der Waals surface area (Å²) in [5, 5.41) is 7.90. The van der Waals surface area contributed by atoms with Gasteiger partial charge in [-0.05, 0) is 31.0 Å². The van der Waals surface area contributed by atoms with Gasteiger partial charge in [-0.3, -0.25) is 9.89 Å². The number of carbonyl (C=O) groups excluding carboxylic acids is 1. The number of H-pyrrole nitrogens is 1. The van der Waals surface area contributed by atoms with E-state index in [0.29, 0.717) is 12.2 Å². The number of benzene rings is 1. The zero-order chi connectivity index (χ0) is 13.4. The highest BCUT2D eigenvalue weighted by atomic mass is 79.9. The summed E-state index contributed by atoms with van der Waals surface area (Å²) in [5.41, 5.74) is 7.27. The van der Waals surface area contributed by atoms with E-state index in [1.807, 2.05) is 18.2 Å². The minimum absolute atomic E-state index is 0.0421. The van der Waals surface area contributed by atoms with Crippen molar-refractivity contribution < 1.29 is 4.79 Å². The van der Waals surface area contributed by atoms with E-state index in [4.69, 9.17) is 5.73 Å². The van der Waals surface area contributed by atoms with Crippen molar-refractivity contribution >= 4 is 32.7 Å². The maximum Gasteiger partial charge on any atom is 0.275 e. The molecule has 3 rings (SSSR count). The van der Waals surface area contributed by atoms with Crippen LogP contribution in [-0.2, 0) is 0 Å². The maximum atomic E-state index is 12.5. The van der Waals surface area contributed by atoms with Gasteiger partial charge in [-0.15, -0.1) is 0 Å². The van der Waals surface area contributed by atoms with Crippen molar-refractivity contribution in [2.75, 3.05) is 13.1 Å². The Hall–Kier alpha value is -1.40. The highest BCUT2D eigenvalue weighted by Crippen LogP contribution is 2.23. The summed E-state index contributed by atoms with van der Waals surface area (Å²) in [6.45, 7) is 1.37. The number of piperidine rings is 1. The quantitative estimate of drug-likeness (QED) is 0.841. The molecule has 0 radical (unpaired) electrons. The Morgan fingerprint density at radius 1 is 1.53 bits per heavy atom. The van der Waals surface area contributed by atoms with Crippen LogP contribution in [0.4, 0.5) is 0 Å². The van der Waals surface area contributed by atoms with Crippen LogP contribution >= 0.6 is 15.9 Å². The van der Waals surface area contributed by atoms with Crippen LogP contribution in [0.3, 0.4) is 0 Å². The van der Waals surface area contributed by atoms with E-state index in [-0.39, 0.29) is 11.9 Å². The van der Waals surface area contributed by atoms with Crippen molar-refractivity contribution in [1.82, 2.24) is 15.1 Å². The van der Waals surface area contributed by atoms with E-state index in [9.17, 15) is 4.79 Å². The van der Waals surface area contributed by atoms with Gasteiger partial charge in [0.1, 0.15) is 0 Å². The molecule has 2 heterocycles. The van der Waals surface area contributed by atoms with Gasteiger partial charge in [0.25, 0.3) is 5.91 Å². The zero-order valence-corrected chi connectivity index (χ0v) is 12.0. The van der Waals surface area contributed by atoms with Gasteiger partial charge in [0.2, 0.25) is 0 Å². The Kier molecular flexibility index (Phi) is 3.28. The number of aromatic nitrogens is 2. The number of aromatic amines is 1. The molecule has 5 nitrogen and oxygen atoms in total. The van der Waals surface area contributed by atoms with Crippen molar-refractivity contribution in [3.05, 3.63) is 28.4 Å². The van der Waals surface area contributed by atoms with Crippen molar-refractivity contribution in [3.8, 4) is 0 Å². The van der Waals surface area contributed by atoms with E-state index >= 15 is 0 Å². The zero-order valence-electron chi connectivity index (χ0n) is 10.4. The van der Waals surface area contributed by atoms with Crippen LogP contribution in [0.1, 0.15) is 23.3 Å². The fourth-order valence-corrected chi connectivity index (χ4v) is 2.85. The third-order valence-corrected chi connectivity index (χ3v) is 3.97. The number of likely N-dealkylation sites (tertiary alicyclic amines) is 1. The van der Waals surface area contributed by atoms with Crippen LogP contribution in [0.15, 0.2) is 22.7 Å². The normalized spacial score (nSPS) is 19.9. The third kappa shape index (κ3) is 2.37. The minimum atomic E-state index is -0.0421. The molecule has 1 atom stereocenters. The van der Waals surface area contributed by atoms with E-state index in [1.54, 1.807) is 4.90 Å². The Balaban J connectivity index is 1.95. The predicted octanol–water partition coefficient (Wildman–Crippen LogP) is 1.89. The Labute approximate surface area is 119 Å². The smallest absolute Gasteiger partial charge is 0.275 e. The number of hydrogen-bond acceptors (Lipinski definition) is 3. The third-order valence-electron chi connectivity index (χ3n) is 3.47. The SMILES string of the molecule is N[C@H]1CCCN(C(=O)c2n[nH]c3ccc(Br)cc23)C1. The molecule has 1 aromatic carbocycles. The first kappa shape index (κ1) is 12.6. The van der Waals surface area contributed by atoms with Gasteiger partial charge in [0.15, 0.2) is 5.69 Å². The van der Waals surface area contributed by atoms with Gasteiger partial charge in [-0.25, -0.2) is 0 Å². The lowest BCUT2D eigenvalue weighted by atomic mass is 10.1. The first-order chi connectivity index (χ1) is 9.15. The van der Waals surface area contributed by atoms with Crippen LogP contribution in [0.2, 0.25) is 0 Å². The number of fused-ring (bicyclic) bond motifs is 1. The molecule has 0 spiro atoms. The standard InChI is InChI=1S/C13H15BrN4O/c14-8-3-4-11-10(6-8)12(17-16-11)13(19)18-5-1-2-9(15)7-18/h3-4,6,9H,1-2,5,7,15H2,(H,16,17)/t9-/m0/s1. The van der Waals surface area contributed by atoms with E-state index in [2.05, 4.69) is 26.1 Å². The van der Waals surface area contributed by atoms with Gasteiger partial charge in [-0.1, -0.05) is 15.9 Å². The highest BCUT2D eigenvalue weighted by molar-refractivity contribution is 9.10. The molecule has 100 valence electrons. The summed E-state index contributed by atoms with van der Waals surface area (Å²) in [7, 11) is 0. The van der Waals surface area contributed by atoms with Crippen LogP contribution in [0, 0.1) is 0 Å². The molecule has 0 unspecified atom stereocenters. The number of nitrogens with two attached hydrogens (primary N) is 1. The molecule has 1 saturated heterocycles. The molecule has 0 aliphatic carbocycles. The summed E-state index contributed by atoms with van der Waals surface area (Å²) in [6, 6.07) is 5.82. The molecule has 0 bridgehead atoms. The molecular weight excluding hydrogens is 308 g/mol. The lowest BCUT2D eigenvalue weighted by Crippen LogP contribution is -2.45. The molecule has 1 aliphatic heterocycles. The molecule has 2 aromatic rings. The van der Waals surface area contributed by atoms with Crippen molar-refractivity contribution in [1.29, 1.82) is 0 Å². The van der Waals surface area contributed by atoms with Crippen LogP contribution in [0.5, 0.6) is 0 Å². The minimum Gasteiger partial charge on any atom is -0.336 e. The first-order valence-corrected chi connectivity index (χ1v) is 7.13. The Morgan fingerprint density at radius 3 is 3.16 bits per heavy atom. The number of nitrogens with zero attached hydrogens (tertiary/aromatic N) is 2. The molecule has 1 fully saturated rings. The molecule has 1 aliphatic rings. The van der Waals surface area contributed by atoms with Crippen molar-refractivity contribution in [3.63, 3.8) is 0 Å². The Bertz CT molecular complexity index is 624. The second kappa shape index (κ2) is 4.94. The fourth-order valence-electron chi connectivity index (χ4n) is 2.49. The first-order valence-electron chi connectivity index (χ1n) is 6.33. The second-order valence-electron chi connectivity index (χ2n) is 4.92. The van der Waals surface area contributed by atoms with Crippen molar-refractivity contribution in [2.45, 2.75) is 18.9 Å². The molecule has 1 amide bonds. The Morgan fingerprint density at radius 2 is 2.37 bits per heavy atom. The van der Waals surface area contributed by atoms with Gasteiger partial charge in [0.05, 0.1) is 5.52 Å². The molecule has 1 aromatic heterocycles. The number of rotatable bonds is 1. The number of halogens is 1. The average Bonchev–Trinajstić information content (AvgIpc) is 2.80. The van der Waals surface area contributed by atoms with Crippen molar-refractivity contribution in [2.24, 2.45) is 5.73 Å². The fraction of sp³-hybridized carbons (Fsp3) is 0.385. The lowest BCUT2D eigenvalue weighted by Gasteiger charge is -2.30. The van der Waals surface area contributed by atoms with Crippen LogP contribution in [0.25, 0.3) is 10.9 Å². The van der Waals surface area contributed by atoms with Gasteiger partial charge < -0.3 is 10.6 Å². The number of amides is 1. The molecule has 0 saturated carbocycles. The van der Waals surface area contributed by atoms with Crippen LogP contribution < -0.4 is 5.73 Å². The summed E-state index contributed by atoms with van der Waals surface area (Å²) in [4.78, 5) is 14.3. The number of nitrogens with one attached hydrogen (secondary N) is 1. The second-order valence-corrected chi connectivity index (χ2v) is 5.83. The lowest BCUT2D eigenvalue weighted by molar-refractivity contribution is 0.0705. The van der Waals surface area contributed by atoms with Gasteiger partial charge >= 0.3 is 0 Å². The molecular formula is C13H15BrN4O. The highest BCUT2D eigenvalue weighted by Gasteiger charge is 2.25. The van der Waals surface area contributed by atoms with E-state index in [0.717, 1.165) is 34.8 Å².